The van der Waals surface area contributed by atoms with Crippen molar-refractivity contribution in [2.24, 2.45) is 11.7 Å². The second-order valence-electron chi connectivity index (χ2n) is 5.84. The molecule has 1 fully saturated rings. The van der Waals surface area contributed by atoms with E-state index in [9.17, 15) is 26.7 Å². The number of hydrogen-bond donors (Lipinski definition) is 1. The van der Waals surface area contributed by atoms with Gasteiger partial charge in [0.2, 0.25) is 11.7 Å². The van der Waals surface area contributed by atoms with Crippen molar-refractivity contribution in [3.8, 4) is 5.75 Å². The van der Waals surface area contributed by atoms with Crippen molar-refractivity contribution < 1.29 is 36.2 Å². The summed E-state index contributed by atoms with van der Waals surface area (Å²) < 4.78 is 77.2. The van der Waals surface area contributed by atoms with E-state index in [1.807, 2.05) is 0 Å². The van der Waals surface area contributed by atoms with E-state index in [1.165, 1.54) is 6.92 Å². The van der Waals surface area contributed by atoms with Crippen LogP contribution in [-0.4, -0.2) is 30.9 Å². The molecule has 0 saturated carbocycles. The summed E-state index contributed by atoms with van der Waals surface area (Å²) in [5.74, 6) is -6.84. The van der Waals surface area contributed by atoms with E-state index in [-0.39, 0.29) is 5.56 Å². The lowest BCUT2D eigenvalue weighted by atomic mass is 9.77. The first-order valence-electron chi connectivity index (χ1n) is 7.01. The first-order chi connectivity index (χ1) is 11.0. The smallest absolute Gasteiger partial charge is 0.417 e. The minimum Gasteiger partial charge on any atom is -0.493 e. The summed E-state index contributed by atoms with van der Waals surface area (Å²) >= 11 is 0. The molecule has 1 heterocycles. The molecule has 0 bridgehead atoms. The number of rotatable bonds is 3. The molecule has 0 aliphatic carbocycles. The first-order valence-corrected chi connectivity index (χ1v) is 7.01. The first kappa shape index (κ1) is 18.4. The predicted octanol–water partition coefficient (Wildman–Crippen LogP) is 2.90. The van der Waals surface area contributed by atoms with Gasteiger partial charge in [0.1, 0.15) is 6.10 Å². The van der Waals surface area contributed by atoms with Crippen LogP contribution in [0, 0.1) is 17.6 Å². The highest BCUT2D eigenvalue weighted by Gasteiger charge is 2.65. The van der Waals surface area contributed by atoms with Crippen LogP contribution in [0.1, 0.15) is 25.3 Å². The maximum absolute atomic E-state index is 13.9. The molecule has 9 heteroatoms. The lowest BCUT2D eigenvalue weighted by Crippen LogP contribution is -2.47. The molecule has 2 rings (SSSR count). The molecular formula is C15H16F5NO3. The van der Waals surface area contributed by atoms with Crippen LogP contribution in [0.15, 0.2) is 12.1 Å². The van der Waals surface area contributed by atoms with Gasteiger partial charge in [0.15, 0.2) is 17.2 Å². The van der Waals surface area contributed by atoms with Gasteiger partial charge < -0.3 is 15.2 Å². The molecule has 24 heavy (non-hydrogen) atoms. The van der Waals surface area contributed by atoms with Crippen LogP contribution in [-0.2, 0) is 9.53 Å². The number of hydrogen-bond acceptors (Lipinski definition) is 3. The summed E-state index contributed by atoms with van der Waals surface area (Å²) in [5, 5.41) is 0. The molecule has 1 amide bonds. The molecular weight excluding hydrogens is 337 g/mol. The van der Waals surface area contributed by atoms with Crippen LogP contribution in [0.2, 0.25) is 0 Å². The van der Waals surface area contributed by atoms with Gasteiger partial charge in [-0.15, -0.1) is 0 Å². The predicted molar refractivity (Wildman–Crippen MR) is 73.3 cm³/mol. The Morgan fingerprint density at radius 3 is 2.38 bits per heavy atom. The molecule has 1 aromatic rings. The number of carbonyl (C=O) groups excluding carboxylic acids is 1. The van der Waals surface area contributed by atoms with Crippen molar-refractivity contribution in [1.29, 1.82) is 0 Å². The summed E-state index contributed by atoms with van der Waals surface area (Å²) in [6, 6.07) is 1.82. The number of methoxy groups -OCH3 is 1. The summed E-state index contributed by atoms with van der Waals surface area (Å²) in [7, 11) is 1.05. The molecule has 1 saturated heterocycles. The molecule has 4 atom stereocenters. The quantitative estimate of drug-likeness (QED) is 0.850. The lowest BCUT2D eigenvalue weighted by molar-refractivity contribution is -0.272. The zero-order valence-electron chi connectivity index (χ0n) is 13.1. The number of benzene rings is 1. The number of halogens is 5. The van der Waals surface area contributed by atoms with Crippen molar-refractivity contribution in [3.05, 3.63) is 29.3 Å². The normalized spacial score (nSPS) is 30.4. The minimum atomic E-state index is -4.79. The Morgan fingerprint density at radius 1 is 1.33 bits per heavy atom. The Labute approximate surface area is 134 Å². The number of carbonyl (C=O) groups is 1. The van der Waals surface area contributed by atoms with E-state index in [2.05, 4.69) is 0 Å². The van der Waals surface area contributed by atoms with Crippen molar-refractivity contribution in [2.45, 2.75) is 37.6 Å². The monoisotopic (exact) mass is 353 g/mol. The van der Waals surface area contributed by atoms with E-state index >= 15 is 0 Å². The van der Waals surface area contributed by atoms with Gasteiger partial charge in [-0.25, -0.2) is 4.39 Å². The number of nitrogens with two attached hydrogens (primary N) is 1. The SMILES string of the molecule is COc1c([C@@H]2[C@@H](C(N)=O)O[C@](C)(C(F)(F)F)[C@@H]2C)ccc(F)c1F. The maximum Gasteiger partial charge on any atom is 0.417 e. The lowest BCUT2D eigenvalue weighted by Gasteiger charge is -2.32. The average Bonchev–Trinajstić information content (AvgIpc) is 2.75. The molecule has 4 nitrogen and oxygen atoms in total. The van der Waals surface area contributed by atoms with Gasteiger partial charge in [-0.3, -0.25) is 4.79 Å². The molecule has 1 aliphatic rings. The fourth-order valence-corrected chi connectivity index (χ4v) is 3.06. The molecule has 134 valence electrons. The molecule has 0 spiro atoms. The van der Waals surface area contributed by atoms with E-state index in [4.69, 9.17) is 15.2 Å². The van der Waals surface area contributed by atoms with E-state index in [1.54, 1.807) is 0 Å². The topological polar surface area (TPSA) is 61.5 Å². The van der Waals surface area contributed by atoms with E-state index < -0.39 is 53.0 Å². The zero-order valence-corrected chi connectivity index (χ0v) is 13.1. The summed E-state index contributed by atoms with van der Waals surface area (Å²) in [4.78, 5) is 11.6. The highest BCUT2D eigenvalue weighted by Crippen LogP contribution is 2.54. The van der Waals surface area contributed by atoms with Crippen molar-refractivity contribution in [1.82, 2.24) is 0 Å². The third-order valence-electron chi connectivity index (χ3n) is 4.59. The van der Waals surface area contributed by atoms with E-state index in [0.29, 0.717) is 0 Å². The van der Waals surface area contributed by atoms with Crippen molar-refractivity contribution in [2.75, 3.05) is 7.11 Å². The number of primary amides is 1. The maximum atomic E-state index is 13.9. The third kappa shape index (κ3) is 2.60. The standard InChI is InChI=1S/C15H16F5NO3/c1-6-9(7-4-5-8(16)10(17)11(7)23-3)12(13(21)22)24-14(6,2)15(18,19)20/h4-6,9,12H,1-3H3,(H2,21,22)/t6-,9-,12+,14+/m1/s1. The van der Waals surface area contributed by atoms with Crippen LogP contribution in [0.4, 0.5) is 22.0 Å². The van der Waals surface area contributed by atoms with Crippen LogP contribution >= 0.6 is 0 Å². The van der Waals surface area contributed by atoms with Gasteiger partial charge in [-0.2, -0.15) is 17.6 Å². The molecule has 0 aromatic heterocycles. The fraction of sp³-hybridized carbons (Fsp3) is 0.533. The van der Waals surface area contributed by atoms with Gasteiger partial charge in [0.25, 0.3) is 0 Å². The zero-order chi connectivity index (χ0) is 18.4. The molecule has 2 N–H and O–H groups in total. The minimum absolute atomic E-state index is 0.110. The Hall–Kier alpha value is -1.90. The average molecular weight is 353 g/mol. The number of amides is 1. The Morgan fingerprint density at radius 2 is 1.92 bits per heavy atom. The van der Waals surface area contributed by atoms with Crippen LogP contribution in [0.3, 0.4) is 0 Å². The number of alkyl halides is 3. The largest absolute Gasteiger partial charge is 0.493 e. The van der Waals surface area contributed by atoms with Crippen LogP contribution in [0.5, 0.6) is 5.75 Å². The molecule has 0 unspecified atom stereocenters. The third-order valence-corrected chi connectivity index (χ3v) is 4.59. The van der Waals surface area contributed by atoms with Crippen LogP contribution < -0.4 is 10.5 Å². The Kier molecular flexibility index (Phi) is 4.51. The highest BCUT2D eigenvalue weighted by atomic mass is 19.4. The van der Waals surface area contributed by atoms with Gasteiger partial charge in [0, 0.05) is 17.4 Å². The van der Waals surface area contributed by atoms with Crippen LogP contribution in [0.25, 0.3) is 0 Å². The second kappa shape index (κ2) is 5.87. The Balaban J connectivity index is 2.64. The molecule has 1 aromatic carbocycles. The Bertz CT molecular complexity index is 663. The van der Waals surface area contributed by atoms with Gasteiger partial charge >= 0.3 is 6.18 Å². The molecule has 0 radical (unpaired) electrons. The molecule has 1 aliphatic heterocycles. The second-order valence-corrected chi connectivity index (χ2v) is 5.84. The van der Waals surface area contributed by atoms with Crippen molar-refractivity contribution >= 4 is 5.91 Å². The fourth-order valence-electron chi connectivity index (χ4n) is 3.06. The number of ether oxygens (including phenoxy) is 2. The van der Waals surface area contributed by atoms with Gasteiger partial charge in [0.05, 0.1) is 7.11 Å². The highest BCUT2D eigenvalue weighted by molar-refractivity contribution is 5.81. The van der Waals surface area contributed by atoms with E-state index in [0.717, 1.165) is 26.2 Å². The van der Waals surface area contributed by atoms with Crippen molar-refractivity contribution in [3.63, 3.8) is 0 Å². The van der Waals surface area contributed by atoms with Gasteiger partial charge in [-0.1, -0.05) is 13.0 Å². The summed E-state index contributed by atoms with van der Waals surface area (Å²) in [5.41, 5.74) is 2.39. The van der Waals surface area contributed by atoms with Gasteiger partial charge in [-0.05, 0) is 13.0 Å². The summed E-state index contributed by atoms with van der Waals surface area (Å²) in [6.07, 6.45) is -6.45. The summed E-state index contributed by atoms with van der Waals surface area (Å²) in [6.45, 7) is 2.00.